The highest BCUT2D eigenvalue weighted by Crippen LogP contribution is 2.25. The van der Waals surface area contributed by atoms with Gasteiger partial charge in [-0.05, 0) is 18.2 Å². The molecule has 0 saturated heterocycles. The first-order chi connectivity index (χ1) is 8.62. The van der Waals surface area contributed by atoms with Gasteiger partial charge in [0.2, 0.25) is 5.91 Å². The lowest BCUT2D eigenvalue weighted by atomic mass is 10.2. The summed E-state index contributed by atoms with van der Waals surface area (Å²) in [6, 6.07) is 7.98. The number of hydrogen-bond donors (Lipinski definition) is 2. The molecule has 0 heterocycles. The van der Waals surface area contributed by atoms with Crippen LogP contribution in [0.3, 0.4) is 0 Å². The monoisotopic (exact) mass is 242 g/mol. The Bertz CT molecular complexity index is 563. The summed E-state index contributed by atoms with van der Waals surface area (Å²) in [5.41, 5.74) is 5.89. The van der Waals surface area contributed by atoms with Crippen molar-refractivity contribution >= 4 is 11.6 Å². The van der Waals surface area contributed by atoms with E-state index in [1.807, 2.05) is 0 Å². The molecule has 1 aromatic rings. The minimum Gasteiger partial charge on any atom is -0.495 e. The van der Waals surface area contributed by atoms with Gasteiger partial charge in [0.1, 0.15) is 23.5 Å². The number of anilines is 1. The Labute approximate surface area is 104 Å². The molecule has 90 valence electrons. The lowest BCUT2D eigenvalue weighted by molar-refractivity contribution is 0.1000. The molecule has 0 unspecified atom stereocenters. The van der Waals surface area contributed by atoms with Gasteiger partial charge in [-0.3, -0.25) is 4.79 Å². The Kier molecular flexibility index (Phi) is 4.30. The zero-order chi connectivity index (χ0) is 13.5. The Morgan fingerprint density at radius 2 is 2.11 bits per heavy atom. The number of nitrogens with two attached hydrogens (primary N) is 1. The summed E-state index contributed by atoms with van der Waals surface area (Å²) in [5.74, 6) is -0.178. The van der Waals surface area contributed by atoms with Crippen molar-refractivity contribution in [3.05, 3.63) is 35.5 Å². The van der Waals surface area contributed by atoms with Gasteiger partial charge in [-0.1, -0.05) is 0 Å². The summed E-state index contributed by atoms with van der Waals surface area (Å²) >= 11 is 0. The average molecular weight is 242 g/mol. The van der Waals surface area contributed by atoms with Crippen LogP contribution in [-0.4, -0.2) is 13.0 Å². The molecule has 0 radical (unpaired) electrons. The van der Waals surface area contributed by atoms with E-state index in [1.54, 1.807) is 18.2 Å². The molecule has 0 aliphatic heterocycles. The van der Waals surface area contributed by atoms with E-state index in [0.717, 1.165) is 0 Å². The number of nitriles is 2. The summed E-state index contributed by atoms with van der Waals surface area (Å²) in [7, 11) is 1.44. The second-order valence-corrected chi connectivity index (χ2v) is 3.21. The van der Waals surface area contributed by atoms with Crippen LogP contribution in [0.2, 0.25) is 0 Å². The van der Waals surface area contributed by atoms with Gasteiger partial charge in [0.15, 0.2) is 0 Å². The van der Waals surface area contributed by atoms with Crippen molar-refractivity contribution in [2.24, 2.45) is 5.73 Å². The number of amides is 1. The lowest BCUT2D eigenvalue weighted by Gasteiger charge is -2.09. The van der Waals surface area contributed by atoms with Crippen LogP contribution in [0.1, 0.15) is 10.4 Å². The summed E-state index contributed by atoms with van der Waals surface area (Å²) in [6.07, 6.45) is 1.25. The van der Waals surface area contributed by atoms with E-state index in [0.29, 0.717) is 17.0 Å². The van der Waals surface area contributed by atoms with Gasteiger partial charge in [0, 0.05) is 11.8 Å². The number of primary amides is 1. The highest BCUT2D eigenvalue weighted by molar-refractivity contribution is 5.94. The summed E-state index contributed by atoms with van der Waals surface area (Å²) in [6.45, 7) is 0. The third-order valence-electron chi connectivity index (χ3n) is 2.10. The molecule has 0 saturated carbocycles. The molecule has 0 aromatic heterocycles. The van der Waals surface area contributed by atoms with Crippen molar-refractivity contribution in [2.45, 2.75) is 0 Å². The van der Waals surface area contributed by atoms with Gasteiger partial charge in [0.05, 0.1) is 12.8 Å². The maximum Gasteiger partial charge on any atom is 0.248 e. The van der Waals surface area contributed by atoms with Gasteiger partial charge >= 0.3 is 0 Å². The predicted octanol–water partition coefficient (Wildman–Crippen LogP) is 1.14. The van der Waals surface area contributed by atoms with E-state index in [1.165, 1.54) is 25.4 Å². The van der Waals surface area contributed by atoms with Gasteiger partial charge in [-0.15, -0.1) is 0 Å². The van der Waals surface area contributed by atoms with Crippen molar-refractivity contribution in [1.82, 2.24) is 0 Å². The number of carbonyl (C=O) groups excluding carboxylic acids is 1. The van der Waals surface area contributed by atoms with Crippen molar-refractivity contribution in [1.29, 1.82) is 10.5 Å². The zero-order valence-corrected chi connectivity index (χ0v) is 9.60. The molecular weight excluding hydrogens is 232 g/mol. The van der Waals surface area contributed by atoms with Crippen molar-refractivity contribution in [3.63, 3.8) is 0 Å². The second-order valence-electron chi connectivity index (χ2n) is 3.21. The number of hydrogen-bond acceptors (Lipinski definition) is 5. The molecule has 18 heavy (non-hydrogen) atoms. The van der Waals surface area contributed by atoms with Gasteiger partial charge < -0.3 is 15.8 Å². The number of nitrogens with one attached hydrogen (secondary N) is 1. The third-order valence-corrected chi connectivity index (χ3v) is 2.10. The maximum absolute atomic E-state index is 11.0. The van der Waals surface area contributed by atoms with Crippen LogP contribution in [0, 0.1) is 22.7 Å². The number of carbonyl (C=O) groups is 1. The number of methoxy groups -OCH3 is 1. The minimum atomic E-state index is -0.565. The van der Waals surface area contributed by atoms with Gasteiger partial charge in [0.25, 0.3) is 0 Å². The lowest BCUT2D eigenvalue weighted by Crippen LogP contribution is -2.11. The molecule has 1 aromatic carbocycles. The van der Waals surface area contributed by atoms with Crippen LogP contribution in [-0.2, 0) is 0 Å². The molecule has 0 atom stereocenters. The number of benzene rings is 1. The van der Waals surface area contributed by atoms with Crippen molar-refractivity contribution in [2.75, 3.05) is 12.4 Å². The quantitative estimate of drug-likeness (QED) is 0.769. The SMILES string of the molecule is COc1cc(C(N)=O)ccc1NC=C(C#N)C#N. The maximum atomic E-state index is 11.0. The fraction of sp³-hybridized carbons (Fsp3) is 0.0833. The standard InChI is InChI=1S/C12H10N4O2/c1-18-11-4-9(12(15)17)2-3-10(11)16-7-8(5-13)6-14/h2-4,7,16H,1H3,(H2,15,17). The van der Waals surface area contributed by atoms with Crippen LogP contribution < -0.4 is 15.8 Å². The molecule has 0 spiro atoms. The van der Waals surface area contributed by atoms with Gasteiger partial charge in [-0.2, -0.15) is 10.5 Å². The van der Waals surface area contributed by atoms with Crippen molar-refractivity contribution in [3.8, 4) is 17.9 Å². The Balaban J connectivity index is 3.05. The first-order valence-corrected chi connectivity index (χ1v) is 4.87. The van der Waals surface area contributed by atoms with E-state index >= 15 is 0 Å². The number of ether oxygens (including phenoxy) is 1. The number of nitrogens with zero attached hydrogens (tertiary/aromatic N) is 2. The Morgan fingerprint density at radius 3 is 2.61 bits per heavy atom. The fourth-order valence-corrected chi connectivity index (χ4v) is 1.20. The Morgan fingerprint density at radius 1 is 1.44 bits per heavy atom. The summed E-state index contributed by atoms with van der Waals surface area (Å²) in [4.78, 5) is 11.0. The first-order valence-electron chi connectivity index (χ1n) is 4.87. The van der Waals surface area contributed by atoms with Crippen LogP contribution in [0.25, 0.3) is 0 Å². The fourth-order valence-electron chi connectivity index (χ4n) is 1.20. The van der Waals surface area contributed by atoms with E-state index < -0.39 is 5.91 Å². The van der Waals surface area contributed by atoms with Gasteiger partial charge in [-0.25, -0.2) is 0 Å². The largest absolute Gasteiger partial charge is 0.495 e. The Hall–Kier alpha value is -2.99. The van der Waals surface area contributed by atoms with Crippen LogP contribution in [0.4, 0.5) is 5.69 Å². The average Bonchev–Trinajstić information content (AvgIpc) is 2.39. The molecule has 1 rings (SSSR count). The summed E-state index contributed by atoms with van der Waals surface area (Å²) < 4.78 is 5.07. The van der Waals surface area contributed by atoms with Crippen LogP contribution >= 0.6 is 0 Å². The molecule has 0 fully saturated rings. The topological polar surface area (TPSA) is 112 Å². The molecule has 0 aliphatic rings. The third kappa shape index (κ3) is 3.00. The minimum absolute atomic E-state index is 0.0731. The molecule has 6 heteroatoms. The normalized spacial score (nSPS) is 8.61. The van der Waals surface area contributed by atoms with Crippen LogP contribution in [0.15, 0.2) is 30.0 Å². The van der Waals surface area contributed by atoms with E-state index in [9.17, 15) is 4.79 Å². The summed E-state index contributed by atoms with van der Waals surface area (Å²) in [5, 5.41) is 19.9. The van der Waals surface area contributed by atoms with E-state index in [2.05, 4.69) is 5.32 Å². The molecule has 0 aliphatic carbocycles. The van der Waals surface area contributed by atoms with E-state index in [-0.39, 0.29) is 5.57 Å². The first kappa shape index (κ1) is 13.1. The zero-order valence-electron chi connectivity index (χ0n) is 9.60. The number of rotatable bonds is 4. The predicted molar refractivity (Wildman–Crippen MR) is 64.4 cm³/mol. The van der Waals surface area contributed by atoms with Crippen LogP contribution in [0.5, 0.6) is 5.75 Å². The molecule has 0 bridgehead atoms. The molecule has 6 nitrogen and oxygen atoms in total. The second kappa shape index (κ2) is 5.92. The smallest absolute Gasteiger partial charge is 0.248 e. The highest BCUT2D eigenvalue weighted by atomic mass is 16.5. The molecule has 1 amide bonds. The highest BCUT2D eigenvalue weighted by Gasteiger charge is 2.07. The number of allylic oxidation sites excluding steroid dienone is 1. The molecular formula is C12H10N4O2. The molecule has 3 N–H and O–H groups in total. The van der Waals surface area contributed by atoms with E-state index in [4.69, 9.17) is 21.0 Å². The van der Waals surface area contributed by atoms with Crippen molar-refractivity contribution < 1.29 is 9.53 Å².